The molecule has 0 aliphatic carbocycles. The van der Waals surface area contributed by atoms with E-state index in [2.05, 4.69) is 23.0 Å². The summed E-state index contributed by atoms with van der Waals surface area (Å²) in [7, 11) is 0. The van der Waals surface area contributed by atoms with Gasteiger partial charge in [0.15, 0.2) is 0 Å². The normalized spacial score (nSPS) is 11.0. The largest absolute Gasteiger partial charge is 0.383 e. The van der Waals surface area contributed by atoms with Crippen molar-refractivity contribution in [1.29, 1.82) is 0 Å². The molecule has 0 bridgehead atoms. The molecule has 0 unspecified atom stereocenters. The summed E-state index contributed by atoms with van der Waals surface area (Å²) < 4.78 is 1.98. The molecule has 0 radical (unpaired) electrons. The van der Waals surface area contributed by atoms with Gasteiger partial charge in [0.1, 0.15) is 11.5 Å². The van der Waals surface area contributed by atoms with Gasteiger partial charge >= 0.3 is 0 Å². The third-order valence-electron chi connectivity index (χ3n) is 3.27. The minimum atomic E-state index is 0.708. The topological polar surface area (TPSA) is 56.7 Å². The number of fused-ring (bicyclic) bond motifs is 1. The van der Waals surface area contributed by atoms with Gasteiger partial charge in [-0.3, -0.25) is 4.98 Å². The lowest BCUT2D eigenvalue weighted by atomic mass is 10.1. The fourth-order valence-electron chi connectivity index (χ4n) is 2.32. The second kappa shape index (κ2) is 4.72. The van der Waals surface area contributed by atoms with Crippen molar-refractivity contribution in [3.63, 3.8) is 0 Å². The third-order valence-corrected chi connectivity index (χ3v) is 3.27. The Bertz CT molecular complexity index is 710. The van der Waals surface area contributed by atoms with Gasteiger partial charge in [-0.2, -0.15) is 0 Å². The number of hydrogen-bond acceptors (Lipinski definition) is 3. The third kappa shape index (κ3) is 1.95. The maximum atomic E-state index is 6.19. The van der Waals surface area contributed by atoms with E-state index in [0.29, 0.717) is 5.82 Å². The molecule has 0 saturated carbocycles. The second-order valence-electron chi connectivity index (χ2n) is 4.58. The summed E-state index contributed by atoms with van der Waals surface area (Å²) in [5.74, 6) is 0.708. The number of anilines is 1. The number of benzene rings is 1. The molecule has 2 heterocycles. The molecule has 96 valence electrons. The van der Waals surface area contributed by atoms with Crippen LogP contribution in [0.4, 0.5) is 5.82 Å². The molecule has 1 aromatic carbocycles. The summed E-state index contributed by atoms with van der Waals surface area (Å²) in [6.45, 7) is 3.01. The van der Waals surface area contributed by atoms with Crippen LogP contribution >= 0.6 is 0 Å². The van der Waals surface area contributed by atoms with E-state index in [9.17, 15) is 0 Å². The highest BCUT2D eigenvalue weighted by molar-refractivity contribution is 5.96. The predicted molar refractivity (Wildman–Crippen MR) is 77.7 cm³/mol. The van der Waals surface area contributed by atoms with Gasteiger partial charge in [-0.1, -0.05) is 31.2 Å². The quantitative estimate of drug-likeness (QED) is 0.779. The Morgan fingerprint density at radius 3 is 2.89 bits per heavy atom. The number of rotatable bonds is 3. The molecule has 2 aromatic heterocycles. The van der Waals surface area contributed by atoms with Gasteiger partial charge < -0.3 is 10.3 Å². The number of hydrogen-bond donors (Lipinski definition) is 1. The van der Waals surface area contributed by atoms with E-state index in [-0.39, 0.29) is 0 Å². The van der Waals surface area contributed by atoms with E-state index in [1.165, 1.54) is 0 Å². The number of aryl methyl sites for hydroxylation is 1. The van der Waals surface area contributed by atoms with Crippen molar-refractivity contribution < 1.29 is 0 Å². The minimum Gasteiger partial charge on any atom is -0.383 e. The van der Waals surface area contributed by atoms with E-state index in [1.54, 1.807) is 6.33 Å². The van der Waals surface area contributed by atoms with Gasteiger partial charge in [-0.25, -0.2) is 4.98 Å². The van der Waals surface area contributed by atoms with Gasteiger partial charge in [0.05, 0.1) is 6.33 Å². The molecule has 0 spiro atoms. The van der Waals surface area contributed by atoms with Crippen molar-refractivity contribution in [2.75, 3.05) is 5.73 Å². The maximum absolute atomic E-state index is 6.19. The van der Waals surface area contributed by atoms with Crippen LogP contribution in [0.2, 0.25) is 0 Å². The lowest BCUT2D eigenvalue weighted by Crippen LogP contribution is -2.01. The highest BCUT2D eigenvalue weighted by atomic mass is 15.1. The highest BCUT2D eigenvalue weighted by Gasteiger charge is 2.12. The number of pyridine rings is 1. The van der Waals surface area contributed by atoms with Gasteiger partial charge in [0.25, 0.3) is 0 Å². The van der Waals surface area contributed by atoms with E-state index < -0.39 is 0 Å². The summed E-state index contributed by atoms with van der Waals surface area (Å²) in [5.41, 5.74) is 7.99. The van der Waals surface area contributed by atoms with Crippen molar-refractivity contribution in [1.82, 2.24) is 14.5 Å². The molecule has 19 heavy (non-hydrogen) atoms. The first-order valence-electron chi connectivity index (χ1n) is 6.45. The van der Waals surface area contributed by atoms with Crippen LogP contribution in [0.15, 0.2) is 43.0 Å². The number of nitrogens with two attached hydrogens (primary N) is 1. The van der Waals surface area contributed by atoms with Crippen molar-refractivity contribution in [2.45, 2.75) is 19.9 Å². The summed E-state index contributed by atoms with van der Waals surface area (Å²) in [5, 5.41) is 2.23. The first kappa shape index (κ1) is 11.7. The SMILES string of the molecule is CCCn1cnc(-c2cncc3ccccc23)c1N. The van der Waals surface area contributed by atoms with Crippen molar-refractivity contribution in [2.24, 2.45) is 0 Å². The first-order chi connectivity index (χ1) is 9.31. The van der Waals surface area contributed by atoms with Crippen LogP contribution in [-0.4, -0.2) is 14.5 Å². The zero-order valence-corrected chi connectivity index (χ0v) is 10.9. The molecule has 0 saturated heterocycles. The van der Waals surface area contributed by atoms with Crippen LogP contribution < -0.4 is 5.73 Å². The van der Waals surface area contributed by atoms with Crippen LogP contribution in [0, 0.1) is 0 Å². The molecule has 0 fully saturated rings. The Labute approximate surface area is 111 Å². The summed E-state index contributed by atoms with van der Waals surface area (Å²) in [6.07, 6.45) is 6.53. The van der Waals surface area contributed by atoms with Crippen LogP contribution in [0.5, 0.6) is 0 Å². The Balaban J connectivity index is 2.19. The Morgan fingerprint density at radius 1 is 1.21 bits per heavy atom. The lowest BCUT2D eigenvalue weighted by molar-refractivity contribution is 0.686. The fourth-order valence-corrected chi connectivity index (χ4v) is 2.32. The molecule has 4 nitrogen and oxygen atoms in total. The predicted octanol–water partition coefficient (Wildman–Crippen LogP) is 3.09. The Hall–Kier alpha value is -2.36. The number of imidazole rings is 1. The van der Waals surface area contributed by atoms with Crippen molar-refractivity contribution in [3.8, 4) is 11.3 Å². The highest BCUT2D eigenvalue weighted by Crippen LogP contribution is 2.30. The molecule has 3 aromatic rings. The zero-order chi connectivity index (χ0) is 13.2. The lowest BCUT2D eigenvalue weighted by Gasteiger charge is -2.06. The number of aromatic nitrogens is 3. The molecule has 4 heteroatoms. The molecule has 0 atom stereocenters. The second-order valence-corrected chi connectivity index (χ2v) is 4.58. The number of nitrogen functional groups attached to an aromatic ring is 1. The van der Waals surface area contributed by atoms with Crippen molar-refractivity contribution >= 4 is 16.6 Å². The Morgan fingerprint density at radius 2 is 2.05 bits per heavy atom. The van der Waals surface area contributed by atoms with Gasteiger partial charge in [0.2, 0.25) is 0 Å². The summed E-state index contributed by atoms with van der Waals surface area (Å²) in [4.78, 5) is 8.73. The maximum Gasteiger partial charge on any atom is 0.131 e. The fraction of sp³-hybridized carbons (Fsp3) is 0.200. The van der Waals surface area contributed by atoms with Gasteiger partial charge in [0, 0.05) is 29.9 Å². The summed E-state index contributed by atoms with van der Waals surface area (Å²) in [6, 6.07) is 8.15. The average Bonchev–Trinajstić information content (AvgIpc) is 2.80. The number of nitrogens with zero attached hydrogens (tertiary/aromatic N) is 3. The average molecular weight is 252 g/mol. The van der Waals surface area contributed by atoms with E-state index >= 15 is 0 Å². The van der Waals surface area contributed by atoms with E-state index in [1.807, 2.05) is 35.2 Å². The molecule has 0 aliphatic rings. The Kier molecular flexibility index (Phi) is 2.91. The van der Waals surface area contributed by atoms with Crippen LogP contribution in [0.25, 0.3) is 22.0 Å². The summed E-state index contributed by atoms with van der Waals surface area (Å²) >= 11 is 0. The smallest absolute Gasteiger partial charge is 0.131 e. The first-order valence-corrected chi connectivity index (χ1v) is 6.45. The van der Waals surface area contributed by atoms with E-state index in [4.69, 9.17) is 5.73 Å². The van der Waals surface area contributed by atoms with Crippen LogP contribution in [-0.2, 0) is 6.54 Å². The minimum absolute atomic E-state index is 0.708. The molecule has 3 rings (SSSR count). The van der Waals surface area contributed by atoms with Crippen LogP contribution in [0.3, 0.4) is 0 Å². The van der Waals surface area contributed by atoms with Gasteiger partial charge in [-0.05, 0) is 11.8 Å². The van der Waals surface area contributed by atoms with Crippen LogP contribution in [0.1, 0.15) is 13.3 Å². The zero-order valence-electron chi connectivity index (χ0n) is 10.9. The van der Waals surface area contributed by atoms with E-state index in [0.717, 1.165) is 35.0 Å². The molecular formula is C15H16N4. The monoisotopic (exact) mass is 252 g/mol. The standard InChI is InChI=1S/C15H16N4/c1-2-7-19-10-18-14(15(19)16)13-9-17-8-11-5-3-4-6-12(11)13/h3-6,8-10H,2,7,16H2,1H3. The van der Waals surface area contributed by atoms with Crippen molar-refractivity contribution in [3.05, 3.63) is 43.0 Å². The van der Waals surface area contributed by atoms with Gasteiger partial charge in [-0.15, -0.1) is 0 Å². The molecule has 0 amide bonds. The molecule has 0 aliphatic heterocycles. The molecular weight excluding hydrogens is 236 g/mol. The molecule has 2 N–H and O–H groups in total.